The van der Waals surface area contributed by atoms with E-state index in [9.17, 15) is 29.4 Å². The molecule has 0 radical (unpaired) electrons. The Kier molecular flexibility index (Phi) is 23.2. The van der Waals surface area contributed by atoms with Crippen molar-refractivity contribution in [3.8, 4) is 0 Å². The average Bonchev–Trinajstić information content (AvgIpc) is 3.24. The normalized spacial score (nSPS) is 40.8. The second-order valence-corrected chi connectivity index (χ2v) is 20.7. The van der Waals surface area contributed by atoms with Crippen LogP contribution in [0.15, 0.2) is 24.3 Å². The van der Waals surface area contributed by atoms with Gasteiger partial charge in [0.2, 0.25) is 0 Å². The SMILES string of the molecule is CCC(=O)O[C@@H]1CC(=O)O[C@H](C)C/C=C/C=C/[C@H](O[C@H]2CC[C@H](N(C)C)[C@@H](C)O2)[C@H](C)C[C@H](CC=O)[C@H](O[C@@H]2O[C@H](C)[C@@H](O[C@H]3C[C@@](C)(O)[C@@H](OC(=O)CC(C)C)[C@H](C)O3)[C@H](N(C)C)[C@H]2O)[C@H]1OC. The molecular weight excluding hydrogens is 897 g/mol. The number of nitrogens with zero attached hydrogens (tertiary/aromatic N) is 2. The highest BCUT2D eigenvalue weighted by Crippen LogP contribution is 2.38. The summed E-state index contributed by atoms with van der Waals surface area (Å²) in [5.41, 5.74) is -1.51. The van der Waals surface area contributed by atoms with Gasteiger partial charge in [-0.15, -0.1) is 0 Å². The number of aliphatic hydroxyl groups is 2. The van der Waals surface area contributed by atoms with Gasteiger partial charge in [-0.1, -0.05) is 52.0 Å². The molecule has 19 atom stereocenters. The van der Waals surface area contributed by atoms with Crippen LogP contribution in [0.2, 0.25) is 0 Å². The number of carbonyl (C=O) groups excluding carboxylic acids is 4. The van der Waals surface area contributed by atoms with E-state index < -0.39 is 115 Å². The van der Waals surface area contributed by atoms with E-state index in [1.165, 1.54) is 7.11 Å². The third-order valence-corrected chi connectivity index (χ3v) is 13.7. The molecule has 396 valence electrons. The molecule has 0 amide bonds. The van der Waals surface area contributed by atoms with Crippen molar-refractivity contribution in [1.82, 2.24) is 9.80 Å². The van der Waals surface area contributed by atoms with Gasteiger partial charge >= 0.3 is 17.9 Å². The Morgan fingerprint density at radius 3 is 2.17 bits per heavy atom. The fraction of sp³-hybridized carbons (Fsp3) is 0.843. The summed E-state index contributed by atoms with van der Waals surface area (Å²) in [6.07, 6.45) is -1.73. The second-order valence-electron chi connectivity index (χ2n) is 20.7. The monoisotopic (exact) mass is 983 g/mol. The Morgan fingerprint density at radius 1 is 0.884 bits per heavy atom. The van der Waals surface area contributed by atoms with Crippen LogP contribution in [0.25, 0.3) is 0 Å². The number of methoxy groups -OCH3 is 1. The van der Waals surface area contributed by atoms with Crippen LogP contribution in [-0.4, -0.2) is 183 Å². The second kappa shape index (κ2) is 27.3. The van der Waals surface area contributed by atoms with Crippen molar-refractivity contribution < 1.29 is 76.8 Å². The van der Waals surface area contributed by atoms with Crippen LogP contribution in [0, 0.1) is 17.8 Å². The number of hydrogen-bond donors (Lipinski definition) is 2. The minimum absolute atomic E-state index is 0.00271. The lowest BCUT2D eigenvalue weighted by atomic mass is 9.82. The molecule has 4 heterocycles. The van der Waals surface area contributed by atoms with Gasteiger partial charge in [0.05, 0.1) is 43.0 Å². The molecule has 4 aliphatic heterocycles. The van der Waals surface area contributed by atoms with Crippen molar-refractivity contribution in [2.75, 3.05) is 35.3 Å². The standard InChI is InChI=1S/C51H86N2O16/c1-15-39(55)65-38-27-41(57)61-31(5)19-17-16-18-20-37(66-42-22-21-36(52(10)11)32(6)62-42)30(4)26-35(23-24-54)47(48(38)60-14)69-50-45(58)44(53(12)13)46(33(7)64-50)68-43-28-51(9,59)49(34(8)63-43)67-40(56)25-29(2)3/h16-18,20,24,29-38,42-50,58-59H,15,19,21-23,25-28H2,1-14H3/b17-16+,20-18+/t30-,31-,32-,33-,34+,35+,36+,37+,38-,42+,43+,44-,45-,46-,47+,48+,49+,50+,51-/m1/s1. The van der Waals surface area contributed by atoms with Crippen molar-refractivity contribution in [3.63, 3.8) is 0 Å². The van der Waals surface area contributed by atoms with Crippen molar-refractivity contribution >= 4 is 24.2 Å². The van der Waals surface area contributed by atoms with Gasteiger partial charge in [0.25, 0.3) is 0 Å². The number of carbonyl (C=O) groups is 4. The highest BCUT2D eigenvalue weighted by Gasteiger charge is 2.53. The van der Waals surface area contributed by atoms with E-state index in [0.29, 0.717) is 19.3 Å². The molecule has 69 heavy (non-hydrogen) atoms. The molecule has 0 aromatic carbocycles. The molecular formula is C51H86N2O16. The van der Waals surface area contributed by atoms with E-state index in [0.717, 1.165) is 12.7 Å². The van der Waals surface area contributed by atoms with Crippen molar-refractivity contribution in [1.29, 1.82) is 0 Å². The van der Waals surface area contributed by atoms with E-state index in [2.05, 4.69) is 4.90 Å². The summed E-state index contributed by atoms with van der Waals surface area (Å²) < 4.78 is 63.0. The molecule has 18 heteroatoms. The Morgan fingerprint density at radius 2 is 1.58 bits per heavy atom. The summed E-state index contributed by atoms with van der Waals surface area (Å²) >= 11 is 0. The predicted octanol–water partition coefficient (Wildman–Crippen LogP) is 4.88. The van der Waals surface area contributed by atoms with Crippen LogP contribution in [0.1, 0.15) is 120 Å². The fourth-order valence-electron chi connectivity index (χ4n) is 10.2. The summed E-state index contributed by atoms with van der Waals surface area (Å²) in [6.45, 7) is 16.3. The predicted molar refractivity (Wildman–Crippen MR) is 254 cm³/mol. The Bertz CT molecular complexity index is 1680. The smallest absolute Gasteiger partial charge is 0.309 e. The summed E-state index contributed by atoms with van der Waals surface area (Å²) in [7, 11) is 9.03. The molecule has 3 fully saturated rings. The van der Waals surface area contributed by atoms with Crippen LogP contribution in [0.3, 0.4) is 0 Å². The minimum atomic E-state index is -1.51. The van der Waals surface area contributed by atoms with Crippen molar-refractivity contribution in [2.45, 2.75) is 224 Å². The van der Waals surface area contributed by atoms with Gasteiger partial charge in [-0.3, -0.25) is 14.4 Å². The largest absolute Gasteiger partial charge is 0.462 e. The van der Waals surface area contributed by atoms with Gasteiger partial charge in [0, 0.05) is 45.3 Å². The molecule has 0 aromatic rings. The molecule has 0 aliphatic carbocycles. The highest BCUT2D eigenvalue weighted by molar-refractivity contribution is 5.72. The number of allylic oxidation sites excluding steroid dienone is 2. The molecule has 2 N–H and O–H groups in total. The molecule has 4 rings (SSSR count). The first-order valence-corrected chi connectivity index (χ1v) is 25.0. The number of esters is 3. The minimum Gasteiger partial charge on any atom is -0.462 e. The molecule has 0 aromatic heterocycles. The number of aldehydes is 1. The zero-order valence-electron chi connectivity index (χ0n) is 43.7. The molecule has 0 unspecified atom stereocenters. The molecule has 18 nitrogen and oxygen atoms in total. The first-order chi connectivity index (χ1) is 32.5. The van der Waals surface area contributed by atoms with Crippen LogP contribution >= 0.6 is 0 Å². The van der Waals surface area contributed by atoms with E-state index in [-0.39, 0.29) is 56.1 Å². The molecule has 0 spiro atoms. The van der Waals surface area contributed by atoms with Gasteiger partial charge in [-0.25, -0.2) is 0 Å². The summed E-state index contributed by atoms with van der Waals surface area (Å²) in [4.78, 5) is 56.1. The summed E-state index contributed by atoms with van der Waals surface area (Å²) in [6, 6.07) is -0.551. The number of hydrogen-bond acceptors (Lipinski definition) is 18. The zero-order valence-corrected chi connectivity index (χ0v) is 43.7. The molecule has 3 saturated heterocycles. The molecule has 4 aliphatic rings. The number of likely N-dealkylation sites (N-methyl/N-ethyl adjacent to an activating group) is 2. The average molecular weight is 983 g/mol. The number of ether oxygens (including phenoxy) is 10. The third kappa shape index (κ3) is 16.8. The van der Waals surface area contributed by atoms with Gasteiger partial charge in [0.15, 0.2) is 25.0 Å². The van der Waals surface area contributed by atoms with Crippen LogP contribution in [0.5, 0.6) is 0 Å². The maximum atomic E-state index is 13.6. The van der Waals surface area contributed by atoms with Gasteiger partial charge in [-0.2, -0.15) is 0 Å². The third-order valence-electron chi connectivity index (χ3n) is 13.7. The van der Waals surface area contributed by atoms with Gasteiger partial charge in [0.1, 0.15) is 42.4 Å². The number of cyclic esters (lactones) is 1. The van der Waals surface area contributed by atoms with E-state index in [1.807, 2.05) is 66.1 Å². The molecule has 0 bridgehead atoms. The van der Waals surface area contributed by atoms with Gasteiger partial charge in [-0.05, 0) is 99.8 Å². The van der Waals surface area contributed by atoms with Gasteiger partial charge < -0.3 is 72.2 Å². The van der Waals surface area contributed by atoms with E-state index in [4.69, 9.17) is 47.4 Å². The zero-order chi connectivity index (χ0) is 51.3. The first kappa shape index (κ1) is 58.7. The van der Waals surface area contributed by atoms with Crippen LogP contribution in [-0.2, 0) is 66.5 Å². The topological polar surface area (TPSA) is 208 Å². The van der Waals surface area contributed by atoms with Crippen molar-refractivity contribution in [2.24, 2.45) is 17.8 Å². The van der Waals surface area contributed by atoms with Crippen LogP contribution < -0.4 is 0 Å². The maximum absolute atomic E-state index is 13.6. The van der Waals surface area contributed by atoms with E-state index in [1.54, 1.807) is 53.6 Å². The number of aliphatic hydroxyl groups excluding tert-OH is 1. The Labute approximate surface area is 410 Å². The molecule has 0 saturated carbocycles. The lowest BCUT2D eigenvalue weighted by molar-refractivity contribution is -0.344. The Balaban J connectivity index is 1.71. The Hall–Kier alpha value is -2.88. The lowest BCUT2D eigenvalue weighted by Gasteiger charge is -2.50. The van der Waals surface area contributed by atoms with Crippen molar-refractivity contribution in [3.05, 3.63) is 24.3 Å². The lowest BCUT2D eigenvalue weighted by Crippen LogP contribution is -2.66. The fourth-order valence-corrected chi connectivity index (χ4v) is 10.2. The maximum Gasteiger partial charge on any atom is 0.309 e. The number of rotatable bonds is 16. The highest BCUT2D eigenvalue weighted by atomic mass is 16.7. The summed E-state index contributed by atoms with van der Waals surface area (Å²) in [5.74, 6) is -2.53. The van der Waals surface area contributed by atoms with E-state index >= 15 is 0 Å². The quantitative estimate of drug-likeness (QED) is 0.120. The first-order valence-electron chi connectivity index (χ1n) is 25.0. The van der Waals surface area contributed by atoms with Crippen LogP contribution in [0.4, 0.5) is 0 Å². The summed E-state index contributed by atoms with van der Waals surface area (Å²) in [5, 5.41) is 24.0.